The van der Waals surface area contributed by atoms with E-state index < -0.39 is 12.1 Å². The third kappa shape index (κ3) is 3.69. The number of hydrogen-bond acceptors (Lipinski definition) is 3. The van der Waals surface area contributed by atoms with Crippen molar-refractivity contribution >= 4 is 0 Å². The Hall–Kier alpha value is -1.11. The second-order valence-electron chi connectivity index (χ2n) is 4.71. The maximum Gasteiger partial charge on any atom is 0.391 e. The molecular formula is C11H17F3N4. The first-order valence-electron chi connectivity index (χ1n) is 6.20. The van der Waals surface area contributed by atoms with Gasteiger partial charge in [0.2, 0.25) is 0 Å². The summed E-state index contributed by atoms with van der Waals surface area (Å²) < 4.78 is 39.1. The fourth-order valence-electron chi connectivity index (χ4n) is 2.36. The van der Waals surface area contributed by atoms with Gasteiger partial charge < -0.3 is 5.32 Å². The molecule has 1 aliphatic rings. The van der Waals surface area contributed by atoms with Gasteiger partial charge in [-0.3, -0.25) is 4.68 Å². The molecule has 0 bridgehead atoms. The Morgan fingerprint density at radius 3 is 2.50 bits per heavy atom. The normalized spacial score (nSPS) is 25.3. The fraction of sp³-hybridized carbons (Fsp3) is 0.818. The van der Waals surface area contributed by atoms with Gasteiger partial charge in [-0.1, -0.05) is 5.21 Å². The lowest BCUT2D eigenvalue weighted by atomic mass is 9.85. The highest BCUT2D eigenvalue weighted by atomic mass is 19.4. The van der Waals surface area contributed by atoms with Gasteiger partial charge in [-0.05, 0) is 25.7 Å². The monoisotopic (exact) mass is 262 g/mol. The molecule has 2 rings (SSSR count). The molecule has 102 valence electrons. The van der Waals surface area contributed by atoms with Crippen LogP contribution in [0.15, 0.2) is 12.4 Å². The first-order chi connectivity index (χ1) is 8.55. The van der Waals surface area contributed by atoms with E-state index in [1.165, 1.54) is 0 Å². The van der Waals surface area contributed by atoms with Crippen LogP contribution in [0.1, 0.15) is 25.7 Å². The molecule has 0 saturated heterocycles. The first kappa shape index (κ1) is 13.3. The van der Waals surface area contributed by atoms with Gasteiger partial charge in [0.25, 0.3) is 0 Å². The SMILES string of the molecule is FC(F)(F)C1CCC(NCCn2ccnn2)CC1. The van der Waals surface area contributed by atoms with Crippen molar-refractivity contribution in [3.05, 3.63) is 12.4 Å². The minimum atomic E-state index is -4.02. The van der Waals surface area contributed by atoms with E-state index in [0.717, 1.165) is 0 Å². The van der Waals surface area contributed by atoms with E-state index in [0.29, 0.717) is 25.9 Å². The highest BCUT2D eigenvalue weighted by molar-refractivity contribution is 4.80. The molecule has 1 aliphatic carbocycles. The molecule has 18 heavy (non-hydrogen) atoms. The minimum absolute atomic E-state index is 0.201. The third-order valence-corrected chi connectivity index (χ3v) is 3.44. The summed E-state index contributed by atoms with van der Waals surface area (Å²) in [5.74, 6) is -1.11. The average molecular weight is 262 g/mol. The first-order valence-corrected chi connectivity index (χ1v) is 6.20. The summed E-state index contributed by atoms with van der Waals surface area (Å²) in [6.07, 6.45) is 1.03. The molecule has 0 aliphatic heterocycles. The smallest absolute Gasteiger partial charge is 0.312 e. The van der Waals surface area contributed by atoms with Crippen molar-refractivity contribution in [2.75, 3.05) is 6.54 Å². The predicted molar refractivity (Wildman–Crippen MR) is 59.8 cm³/mol. The van der Waals surface area contributed by atoms with Crippen LogP contribution in [-0.4, -0.2) is 33.8 Å². The lowest BCUT2D eigenvalue weighted by Crippen LogP contribution is -2.38. The number of rotatable bonds is 4. The number of nitrogens with zero attached hydrogens (tertiary/aromatic N) is 3. The second kappa shape index (κ2) is 5.69. The van der Waals surface area contributed by atoms with E-state index in [-0.39, 0.29) is 18.9 Å². The Labute approximate surface area is 104 Å². The van der Waals surface area contributed by atoms with Crippen molar-refractivity contribution in [2.24, 2.45) is 5.92 Å². The Morgan fingerprint density at radius 1 is 1.22 bits per heavy atom. The molecule has 1 fully saturated rings. The lowest BCUT2D eigenvalue weighted by Gasteiger charge is -2.30. The van der Waals surface area contributed by atoms with Crippen molar-refractivity contribution in [1.29, 1.82) is 0 Å². The summed E-state index contributed by atoms with van der Waals surface area (Å²) in [5.41, 5.74) is 0. The Balaban J connectivity index is 1.65. The maximum atomic E-state index is 12.5. The summed E-state index contributed by atoms with van der Waals surface area (Å²) in [6.45, 7) is 1.41. The van der Waals surface area contributed by atoms with Gasteiger partial charge in [0.05, 0.1) is 18.7 Å². The highest BCUT2D eigenvalue weighted by Gasteiger charge is 2.41. The molecule has 1 aromatic rings. The quantitative estimate of drug-likeness (QED) is 0.902. The van der Waals surface area contributed by atoms with Crippen molar-refractivity contribution < 1.29 is 13.2 Å². The fourth-order valence-corrected chi connectivity index (χ4v) is 2.36. The van der Waals surface area contributed by atoms with Crippen LogP contribution < -0.4 is 5.32 Å². The highest BCUT2D eigenvalue weighted by Crippen LogP contribution is 2.37. The van der Waals surface area contributed by atoms with Gasteiger partial charge in [0.1, 0.15) is 0 Å². The Bertz CT molecular complexity index is 342. The predicted octanol–water partition coefficient (Wildman–Crippen LogP) is 1.99. The van der Waals surface area contributed by atoms with Crippen molar-refractivity contribution in [3.8, 4) is 0 Å². The number of hydrogen-bond donors (Lipinski definition) is 1. The van der Waals surface area contributed by atoms with Crippen LogP contribution in [0, 0.1) is 5.92 Å². The molecule has 0 atom stereocenters. The molecule has 0 radical (unpaired) electrons. The molecule has 7 heteroatoms. The van der Waals surface area contributed by atoms with Crippen LogP contribution in [0.2, 0.25) is 0 Å². The van der Waals surface area contributed by atoms with Gasteiger partial charge in [-0.25, -0.2) is 0 Å². The summed E-state index contributed by atoms with van der Waals surface area (Å²) in [7, 11) is 0. The zero-order chi connectivity index (χ0) is 13.0. The molecule has 1 heterocycles. The van der Waals surface area contributed by atoms with Crippen LogP contribution in [0.4, 0.5) is 13.2 Å². The third-order valence-electron chi connectivity index (χ3n) is 3.44. The molecule has 1 aromatic heterocycles. The summed E-state index contributed by atoms with van der Waals surface area (Å²) in [4.78, 5) is 0. The van der Waals surface area contributed by atoms with Crippen LogP contribution in [0.3, 0.4) is 0 Å². The number of halogens is 3. The largest absolute Gasteiger partial charge is 0.391 e. The van der Waals surface area contributed by atoms with Gasteiger partial charge >= 0.3 is 6.18 Å². The van der Waals surface area contributed by atoms with Gasteiger partial charge in [0, 0.05) is 18.8 Å². The van der Waals surface area contributed by atoms with Crippen LogP contribution in [0.5, 0.6) is 0 Å². The zero-order valence-corrected chi connectivity index (χ0v) is 10.0. The minimum Gasteiger partial charge on any atom is -0.312 e. The summed E-state index contributed by atoms with van der Waals surface area (Å²) in [5, 5.41) is 10.8. The average Bonchev–Trinajstić information content (AvgIpc) is 2.82. The second-order valence-corrected chi connectivity index (χ2v) is 4.71. The Morgan fingerprint density at radius 2 is 1.94 bits per heavy atom. The van der Waals surface area contributed by atoms with E-state index in [9.17, 15) is 13.2 Å². The van der Waals surface area contributed by atoms with Crippen molar-refractivity contribution in [1.82, 2.24) is 20.3 Å². The van der Waals surface area contributed by atoms with Crippen molar-refractivity contribution in [3.63, 3.8) is 0 Å². The summed E-state index contributed by atoms with van der Waals surface area (Å²) >= 11 is 0. The van der Waals surface area contributed by atoms with Gasteiger partial charge in [0.15, 0.2) is 0 Å². The van der Waals surface area contributed by atoms with E-state index in [1.54, 1.807) is 17.1 Å². The van der Waals surface area contributed by atoms with E-state index in [1.807, 2.05) is 0 Å². The molecule has 4 nitrogen and oxygen atoms in total. The van der Waals surface area contributed by atoms with E-state index >= 15 is 0 Å². The standard InChI is InChI=1S/C11H17F3N4/c12-11(13,14)9-1-3-10(4-2-9)15-5-7-18-8-6-16-17-18/h6,8-10,15H,1-5,7H2. The molecule has 1 N–H and O–H groups in total. The van der Waals surface area contributed by atoms with Gasteiger partial charge in [-0.2, -0.15) is 13.2 Å². The van der Waals surface area contributed by atoms with Crippen molar-refractivity contribution in [2.45, 2.75) is 44.4 Å². The van der Waals surface area contributed by atoms with Gasteiger partial charge in [-0.15, -0.1) is 5.10 Å². The molecular weight excluding hydrogens is 245 g/mol. The Kier molecular flexibility index (Phi) is 4.21. The zero-order valence-electron chi connectivity index (χ0n) is 10.0. The maximum absolute atomic E-state index is 12.5. The number of nitrogens with one attached hydrogen (secondary N) is 1. The topological polar surface area (TPSA) is 42.7 Å². The molecule has 1 saturated carbocycles. The van der Waals surface area contributed by atoms with E-state index in [4.69, 9.17) is 0 Å². The molecule has 0 amide bonds. The molecule has 0 spiro atoms. The number of alkyl halides is 3. The summed E-state index contributed by atoms with van der Waals surface area (Å²) in [6, 6.07) is 0.201. The van der Waals surface area contributed by atoms with Crippen LogP contribution in [0.25, 0.3) is 0 Å². The van der Waals surface area contributed by atoms with Crippen LogP contribution >= 0.6 is 0 Å². The lowest BCUT2D eigenvalue weighted by molar-refractivity contribution is -0.182. The molecule has 0 aromatic carbocycles. The molecule has 0 unspecified atom stereocenters. The number of aromatic nitrogens is 3. The van der Waals surface area contributed by atoms with E-state index in [2.05, 4.69) is 15.6 Å². The van der Waals surface area contributed by atoms with Crippen LogP contribution in [-0.2, 0) is 6.54 Å².